The van der Waals surface area contributed by atoms with Crippen molar-refractivity contribution < 1.29 is 13.2 Å². The zero-order valence-corrected chi connectivity index (χ0v) is 17.0. The number of anilines is 1. The van der Waals surface area contributed by atoms with Gasteiger partial charge in [-0.15, -0.1) is 0 Å². The van der Waals surface area contributed by atoms with Gasteiger partial charge in [-0.3, -0.25) is 20.0 Å². The van der Waals surface area contributed by atoms with E-state index in [4.69, 9.17) is 12.2 Å². The van der Waals surface area contributed by atoms with E-state index >= 15 is 0 Å². The van der Waals surface area contributed by atoms with Crippen LogP contribution in [0, 0.1) is 0 Å². The second-order valence-corrected chi connectivity index (χ2v) is 8.77. The van der Waals surface area contributed by atoms with Crippen LogP contribution in [0.15, 0.2) is 18.2 Å². The Morgan fingerprint density at radius 1 is 1.31 bits per heavy atom. The molecule has 0 saturated carbocycles. The molecule has 1 aromatic carbocycles. The number of hydrogen-bond acceptors (Lipinski definition) is 4. The Bertz CT molecular complexity index is 780. The molecule has 1 atom stereocenters. The zero-order chi connectivity index (χ0) is 19.3. The van der Waals surface area contributed by atoms with Gasteiger partial charge in [-0.2, -0.15) is 0 Å². The van der Waals surface area contributed by atoms with Crippen molar-refractivity contribution in [2.24, 2.45) is 0 Å². The topological polar surface area (TPSA) is 90.5 Å². The Morgan fingerprint density at radius 3 is 2.69 bits per heavy atom. The zero-order valence-electron chi connectivity index (χ0n) is 15.3. The number of rotatable bonds is 6. The van der Waals surface area contributed by atoms with E-state index in [-0.39, 0.29) is 11.9 Å². The van der Waals surface area contributed by atoms with Gasteiger partial charge >= 0.3 is 0 Å². The molecule has 0 aliphatic carbocycles. The molecule has 9 heteroatoms. The normalized spacial score (nSPS) is 16.1. The van der Waals surface area contributed by atoms with Crippen molar-refractivity contribution >= 4 is 38.9 Å². The molecule has 2 rings (SSSR count). The number of nitrogens with one attached hydrogen (secondary N) is 3. The van der Waals surface area contributed by atoms with Crippen molar-refractivity contribution in [3.63, 3.8) is 0 Å². The summed E-state index contributed by atoms with van der Waals surface area (Å²) in [4.78, 5) is 12.3. The first kappa shape index (κ1) is 20.4. The predicted octanol–water partition coefficient (Wildman–Crippen LogP) is 1.70. The third kappa shape index (κ3) is 5.07. The molecule has 0 bridgehead atoms. The molecule has 1 aliphatic heterocycles. The fraction of sp³-hybridized carbons (Fsp3) is 0.529. The number of fused-ring (bicyclic) bond motifs is 1. The predicted molar refractivity (Wildman–Crippen MR) is 108 cm³/mol. The number of benzene rings is 1. The number of carbonyl (C=O) groups excluding carboxylic acids is 1. The van der Waals surface area contributed by atoms with Crippen LogP contribution in [-0.4, -0.2) is 38.3 Å². The molecule has 0 radical (unpaired) electrons. The van der Waals surface area contributed by atoms with Gasteiger partial charge in [0.2, 0.25) is 10.0 Å². The van der Waals surface area contributed by atoms with E-state index in [0.717, 1.165) is 31.4 Å². The van der Waals surface area contributed by atoms with Crippen LogP contribution in [0.4, 0.5) is 5.69 Å². The Morgan fingerprint density at radius 2 is 2.04 bits per heavy atom. The summed E-state index contributed by atoms with van der Waals surface area (Å²) in [6.45, 7) is 4.74. The van der Waals surface area contributed by atoms with Gasteiger partial charge in [0, 0.05) is 18.2 Å². The van der Waals surface area contributed by atoms with Crippen LogP contribution >= 0.6 is 12.2 Å². The minimum Gasteiger partial charge on any atom is -0.361 e. The molecule has 0 spiro atoms. The molecular formula is C17H26N4O3S2. The second-order valence-electron chi connectivity index (χ2n) is 6.50. The van der Waals surface area contributed by atoms with Crippen molar-refractivity contribution in [1.29, 1.82) is 0 Å². The average Bonchev–Trinajstić information content (AvgIpc) is 2.91. The molecule has 0 unspecified atom stereocenters. The van der Waals surface area contributed by atoms with E-state index in [0.29, 0.717) is 22.8 Å². The first-order valence-electron chi connectivity index (χ1n) is 8.70. The first-order chi connectivity index (χ1) is 12.2. The van der Waals surface area contributed by atoms with Crippen LogP contribution in [0.2, 0.25) is 0 Å². The van der Waals surface area contributed by atoms with Crippen molar-refractivity contribution in [3.8, 4) is 0 Å². The number of hydrazine groups is 1. The molecule has 26 heavy (non-hydrogen) atoms. The van der Waals surface area contributed by atoms with Crippen LogP contribution in [-0.2, 0) is 16.4 Å². The molecule has 1 heterocycles. The molecule has 0 aromatic heterocycles. The third-order valence-corrected chi connectivity index (χ3v) is 5.73. The number of hydrogen-bond donors (Lipinski definition) is 3. The minimum absolute atomic E-state index is 0.156. The van der Waals surface area contributed by atoms with Gasteiger partial charge in [0.15, 0.2) is 5.11 Å². The van der Waals surface area contributed by atoms with E-state index in [9.17, 15) is 13.2 Å². The minimum atomic E-state index is -3.34. The second kappa shape index (κ2) is 8.68. The number of carbonyl (C=O) groups is 1. The quantitative estimate of drug-likeness (QED) is 0.384. The van der Waals surface area contributed by atoms with E-state index < -0.39 is 10.0 Å². The summed E-state index contributed by atoms with van der Waals surface area (Å²) in [5, 5.41) is 3.39. The maximum atomic E-state index is 12.3. The van der Waals surface area contributed by atoms with Crippen molar-refractivity contribution in [3.05, 3.63) is 29.3 Å². The Labute approximate surface area is 160 Å². The van der Waals surface area contributed by atoms with Crippen molar-refractivity contribution in [2.75, 3.05) is 17.1 Å². The fourth-order valence-electron chi connectivity index (χ4n) is 3.06. The molecule has 1 aromatic rings. The van der Waals surface area contributed by atoms with E-state index in [1.807, 2.05) is 6.92 Å². The number of amides is 1. The van der Waals surface area contributed by atoms with Gasteiger partial charge in [0.05, 0.1) is 11.9 Å². The smallest absolute Gasteiger partial charge is 0.269 e. The van der Waals surface area contributed by atoms with E-state index in [1.54, 1.807) is 18.2 Å². The molecule has 1 amide bonds. The van der Waals surface area contributed by atoms with Crippen LogP contribution in [0.5, 0.6) is 0 Å². The Hall–Kier alpha value is -1.87. The summed E-state index contributed by atoms with van der Waals surface area (Å²) in [6, 6.07) is 4.86. The standard InChI is InChI=1S/C17H26N4O3S2/c1-4-5-6-9-18-17(25)20-19-16(22)13-7-8-15-14(11-13)10-12(2)21(15)26(3,23)24/h7-8,11-12H,4-6,9-10H2,1-3H3,(H,19,22)(H2,18,20,25)/t12-/m1/s1. The monoisotopic (exact) mass is 398 g/mol. The highest BCUT2D eigenvalue weighted by atomic mass is 32.2. The number of sulfonamides is 1. The highest BCUT2D eigenvalue weighted by molar-refractivity contribution is 7.92. The van der Waals surface area contributed by atoms with Crippen molar-refractivity contribution in [2.45, 2.75) is 45.6 Å². The van der Waals surface area contributed by atoms with Crippen molar-refractivity contribution in [1.82, 2.24) is 16.2 Å². The van der Waals surface area contributed by atoms with Gasteiger partial charge in [0.25, 0.3) is 5.91 Å². The molecule has 7 nitrogen and oxygen atoms in total. The lowest BCUT2D eigenvalue weighted by Gasteiger charge is -2.21. The van der Waals surface area contributed by atoms with E-state index in [1.165, 1.54) is 10.6 Å². The number of thiocarbonyl (C=S) groups is 1. The van der Waals surface area contributed by atoms with Gasteiger partial charge in [-0.25, -0.2) is 8.42 Å². The summed E-state index contributed by atoms with van der Waals surface area (Å²) in [5.41, 5.74) is 7.17. The average molecular weight is 399 g/mol. The largest absolute Gasteiger partial charge is 0.361 e. The summed E-state index contributed by atoms with van der Waals surface area (Å²) in [6.07, 6.45) is 5.05. The number of unbranched alkanes of at least 4 members (excludes halogenated alkanes) is 2. The van der Waals surface area contributed by atoms with E-state index in [2.05, 4.69) is 23.1 Å². The molecular weight excluding hydrogens is 372 g/mol. The Kier molecular flexibility index (Phi) is 6.82. The summed E-state index contributed by atoms with van der Waals surface area (Å²) < 4.78 is 25.3. The van der Waals surface area contributed by atoms with Crippen LogP contribution < -0.4 is 20.5 Å². The lowest BCUT2D eigenvalue weighted by molar-refractivity contribution is 0.0943. The summed E-state index contributed by atoms with van der Waals surface area (Å²) >= 11 is 5.11. The molecule has 0 saturated heterocycles. The lowest BCUT2D eigenvalue weighted by atomic mass is 10.1. The highest BCUT2D eigenvalue weighted by Crippen LogP contribution is 2.34. The Balaban J connectivity index is 1.96. The van der Waals surface area contributed by atoms with Crippen LogP contribution in [0.25, 0.3) is 0 Å². The van der Waals surface area contributed by atoms with Gasteiger partial charge in [-0.1, -0.05) is 19.8 Å². The maximum absolute atomic E-state index is 12.3. The highest BCUT2D eigenvalue weighted by Gasteiger charge is 2.32. The number of nitrogens with zero attached hydrogens (tertiary/aromatic N) is 1. The third-order valence-electron chi connectivity index (χ3n) is 4.21. The molecule has 144 valence electrons. The van der Waals surface area contributed by atoms with Gasteiger partial charge < -0.3 is 5.32 Å². The molecule has 1 aliphatic rings. The van der Waals surface area contributed by atoms with Crippen LogP contribution in [0.3, 0.4) is 0 Å². The summed E-state index contributed by atoms with van der Waals surface area (Å²) in [7, 11) is -3.34. The fourth-order valence-corrected chi connectivity index (χ4v) is 4.47. The maximum Gasteiger partial charge on any atom is 0.269 e. The van der Waals surface area contributed by atoms with Crippen LogP contribution in [0.1, 0.15) is 49.0 Å². The molecule has 3 N–H and O–H groups in total. The lowest BCUT2D eigenvalue weighted by Crippen LogP contribution is -2.47. The summed E-state index contributed by atoms with van der Waals surface area (Å²) in [5.74, 6) is -0.323. The van der Waals surface area contributed by atoms with Gasteiger partial charge in [0.1, 0.15) is 0 Å². The SMILES string of the molecule is CCCCCNC(=S)NNC(=O)c1ccc2c(c1)C[C@@H](C)N2S(C)(=O)=O. The first-order valence-corrected chi connectivity index (χ1v) is 11.0. The van der Waals surface area contributed by atoms with Gasteiger partial charge in [-0.05, 0) is 55.7 Å². The molecule has 0 fully saturated rings.